The van der Waals surface area contributed by atoms with E-state index in [4.69, 9.17) is 0 Å². The van der Waals surface area contributed by atoms with Crippen molar-refractivity contribution in [2.45, 2.75) is 38.6 Å². The molecule has 1 aliphatic rings. The minimum Gasteiger partial charge on any atom is -0.357 e. The molecule has 1 amide bonds. The van der Waals surface area contributed by atoms with Crippen LogP contribution in [-0.2, 0) is 17.8 Å². The summed E-state index contributed by atoms with van der Waals surface area (Å²) in [6, 6.07) is 10.2. The lowest BCUT2D eigenvalue weighted by molar-refractivity contribution is -0.132. The molecule has 3 heterocycles. The van der Waals surface area contributed by atoms with Crippen molar-refractivity contribution in [3.05, 3.63) is 54.0 Å². The number of hydrogen-bond acceptors (Lipinski definition) is 4. The number of para-hydroxylation sites is 1. The van der Waals surface area contributed by atoms with Gasteiger partial charge in [-0.2, -0.15) is 0 Å². The molecule has 6 heteroatoms. The topological polar surface area (TPSA) is 73.9 Å². The summed E-state index contributed by atoms with van der Waals surface area (Å²) in [7, 11) is 0. The molecule has 27 heavy (non-hydrogen) atoms. The maximum atomic E-state index is 12.6. The highest BCUT2D eigenvalue weighted by atomic mass is 16.2. The first-order valence-electron chi connectivity index (χ1n) is 9.68. The van der Waals surface area contributed by atoms with E-state index < -0.39 is 0 Å². The Kier molecular flexibility index (Phi) is 5.32. The molecule has 2 aromatic heterocycles. The molecule has 1 aliphatic heterocycles. The molecule has 0 saturated heterocycles. The van der Waals surface area contributed by atoms with Gasteiger partial charge in [-0.1, -0.05) is 24.6 Å². The SMILES string of the molecule is O=C(CCCCCNc1ncccn1)N1CCc2c([nH]c3ccccc23)C1. The minimum atomic E-state index is 0.263. The number of carbonyl (C=O) groups is 1. The third-order valence-corrected chi connectivity index (χ3v) is 5.15. The molecule has 0 saturated carbocycles. The van der Waals surface area contributed by atoms with Gasteiger partial charge >= 0.3 is 0 Å². The van der Waals surface area contributed by atoms with Crippen molar-refractivity contribution in [1.29, 1.82) is 0 Å². The van der Waals surface area contributed by atoms with E-state index in [2.05, 4.69) is 38.5 Å². The molecule has 0 atom stereocenters. The number of hydrogen-bond donors (Lipinski definition) is 2. The second-order valence-corrected chi connectivity index (χ2v) is 7.00. The monoisotopic (exact) mass is 363 g/mol. The summed E-state index contributed by atoms with van der Waals surface area (Å²) >= 11 is 0. The van der Waals surface area contributed by atoms with E-state index in [1.165, 1.54) is 22.2 Å². The lowest BCUT2D eigenvalue weighted by atomic mass is 10.0. The largest absolute Gasteiger partial charge is 0.357 e. The van der Waals surface area contributed by atoms with Crippen LogP contribution in [0.3, 0.4) is 0 Å². The van der Waals surface area contributed by atoms with Crippen LogP contribution < -0.4 is 5.32 Å². The number of carbonyl (C=O) groups excluding carboxylic acids is 1. The number of nitrogens with zero attached hydrogens (tertiary/aromatic N) is 3. The van der Waals surface area contributed by atoms with Gasteiger partial charge in [0.2, 0.25) is 11.9 Å². The molecular weight excluding hydrogens is 338 g/mol. The Morgan fingerprint density at radius 3 is 2.85 bits per heavy atom. The molecule has 0 bridgehead atoms. The smallest absolute Gasteiger partial charge is 0.222 e. The Morgan fingerprint density at radius 2 is 1.96 bits per heavy atom. The summed E-state index contributed by atoms with van der Waals surface area (Å²) in [6.45, 7) is 2.36. The molecule has 4 rings (SSSR count). The number of H-pyrrole nitrogens is 1. The van der Waals surface area contributed by atoms with Gasteiger partial charge in [0.1, 0.15) is 0 Å². The summed E-state index contributed by atoms with van der Waals surface area (Å²) in [5.74, 6) is 0.926. The summed E-state index contributed by atoms with van der Waals surface area (Å²) in [5.41, 5.74) is 3.75. The first-order chi connectivity index (χ1) is 13.3. The van der Waals surface area contributed by atoms with Crippen molar-refractivity contribution >= 4 is 22.8 Å². The Bertz CT molecular complexity index is 905. The van der Waals surface area contributed by atoms with Gasteiger partial charge in [0.05, 0.1) is 6.54 Å². The first kappa shape index (κ1) is 17.5. The number of benzene rings is 1. The van der Waals surface area contributed by atoms with Crippen LogP contribution in [0.4, 0.5) is 5.95 Å². The van der Waals surface area contributed by atoms with Crippen LogP contribution in [0.15, 0.2) is 42.7 Å². The number of nitrogens with one attached hydrogen (secondary N) is 2. The van der Waals surface area contributed by atoms with Gasteiger partial charge in [0.25, 0.3) is 0 Å². The molecular formula is C21H25N5O. The molecule has 0 unspecified atom stereocenters. The van der Waals surface area contributed by atoms with Gasteiger partial charge in [-0.3, -0.25) is 4.79 Å². The van der Waals surface area contributed by atoms with E-state index >= 15 is 0 Å². The van der Waals surface area contributed by atoms with Gasteiger partial charge in [-0.25, -0.2) is 9.97 Å². The second kappa shape index (κ2) is 8.20. The second-order valence-electron chi connectivity index (χ2n) is 7.00. The average molecular weight is 363 g/mol. The zero-order valence-electron chi connectivity index (χ0n) is 15.4. The average Bonchev–Trinajstić information content (AvgIpc) is 3.09. The molecule has 0 radical (unpaired) electrons. The fraction of sp³-hybridized carbons (Fsp3) is 0.381. The number of unbranched alkanes of at least 4 members (excludes halogenated alkanes) is 2. The van der Waals surface area contributed by atoms with Gasteiger partial charge in [0, 0.05) is 48.5 Å². The van der Waals surface area contributed by atoms with Crippen molar-refractivity contribution in [1.82, 2.24) is 19.9 Å². The van der Waals surface area contributed by atoms with Crippen molar-refractivity contribution < 1.29 is 4.79 Å². The summed E-state index contributed by atoms with van der Waals surface area (Å²) in [5, 5.41) is 4.50. The quantitative estimate of drug-likeness (QED) is 0.630. The summed E-state index contributed by atoms with van der Waals surface area (Å²) in [4.78, 5) is 26.3. The first-order valence-corrected chi connectivity index (χ1v) is 9.68. The van der Waals surface area contributed by atoms with Crippen LogP contribution in [0, 0.1) is 0 Å². The molecule has 3 aromatic rings. The van der Waals surface area contributed by atoms with Gasteiger partial charge in [-0.15, -0.1) is 0 Å². The Labute approximate surface area is 159 Å². The van der Waals surface area contributed by atoms with Gasteiger partial charge in [0.15, 0.2) is 0 Å². The van der Waals surface area contributed by atoms with E-state index in [-0.39, 0.29) is 5.91 Å². The highest BCUT2D eigenvalue weighted by Crippen LogP contribution is 2.27. The van der Waals surface area contributed by atoms with Crippen molar-refractivity contribution in [2.24, 2.45) is 0 Å². The van der Waals surface area contributed by atoms with Crippen molar-refractivity contribution in [2.75, 3.05) is 18.4 Å². The van der Waals surface area contributed by atoms with Crippen molar-refractivity contribution in [3.63, 3.8) is 0 Å². The summed E-state index contributed by atoms with van der Waals surface area (Å²) < 4.78 is 0. The standard InChI is InChI=1S/C21H25N5O/c27-20(9-2-1-5-11-22-21-23-12-6-13-24-21)26-14-10-17-16-7-3-4-8-18(16)25-19(17)15-26/h3-4,6-8,12-13,25H,1-2,5,9-11,14-15H2,(H,22,23,24). The van der Waals surface area contributed by atoms with E-state index in [1.54, 1.807) is 18.5 Å². The zero-order chi connectivity index (χ0) is 18.5. The molecule has 6 nitrogen and oxygen atoms in total. The van der Waals surface area contributed by atoms with Crippen LogP contribution >= 0.6 is 0 Å². The molecule has 1 aromatic carbocycles. The van der Waals surface area contributed by atoms with E-state index in [0.717, 1.165) is 38.8 Å². The van der Waals surface area contributed by atoms with Gasteiger partial charge < -0.3 is 15.2 Å². The van der Waals surface area contributed by atoms with Crippen LogP contribution in [0.1, 0.15) is 36.9 Å². The van der Waals surface area contributed by atoms with Crippen LogP contribution in [0.25, 0.3) is 10.9 Å². The van der Waals surface area contributed by atoms with Gasteiger partial charge in [-0.05, 0) is 37.0 Å². The fourth-order valence-electron chi connectivity index (χ4n) is 3.73. The maximum absolute atomic E-state index is 12.6. The molecule has 0 spiro atoms. The Balaban J connectivity index is 1.20. The lowest BCUT2D eigenvalue weighted by Crippen LogP contribution is -2.35. The number of anilines is 1. The number of rotatable bonds is 7. The number of amides is 1. The lowest BCUT2D eigenvalue weighted by Gasteiger charge is -2.27. The number of aromatic amines is 1. The zero-order valence-corrected chi connectivity index (χ0v) is 15.4. The number of fused-ring (bicyclic) bond motifs is 3. The molecule has 0 aliphatic carbocycles. The van der Waals surface area contributed by atoms with Crippen molar-refractivity contribution in [3.8, 4) is 0 Å². The maximum Gasteiger partial charge on any atom is 0.222 e. The minimum absolute atomic E-state index is 0.263. The van der Waals surface area contributed by atoms with E-state index in [1.807, 2.05) is 11.0 Å². The van der Waals surface area contributed by atoms with E-state index in [9.17, 15) is 4.79 Å². The van der Waals surface area contributed by atoms with E-state index in [0.29, 0.717) is 18.9 Å². The molecule has 2 N–H and O–H groups in total. The predicted octanol–water partition coefficient (Wildman–Crippen LogP) is 3.52. The summed E-state index contributed by atoms with van der Waals surface area (Å²) in [6.07, 6.45) is 7.97. The van der Waals surface area contributed by atoms with Crippen LogP contribution in [0.2, 0.25) is 0 Å². The Morgan fingerprint density at radius 1 is 1.11 bits per heavy atom. The molecule has 140 valence electrons. The number of aromatic nitrogens is 3. The third kappa shape index (κ3) is 4.10. The van der Waals surface area contributed by atoms with Crippen LogP contribution in [-0.4, -0.2) is 38.8 Å². The predicted molar refractivity (Wildman–Crippen MR) is 106 cm³/mol. The highest BCUT2D eigenvalue weighted by Gasteiger charge is 2.23. The highest BCUT2D eigenvalue weighted by molar-refractivity contribution is 5.85. The fourth-order valence-corrected chi connectivity index (χ4v) is 3.73. The molecule has 0 fully saturated rings. The third-order valence-electron chi connectivity index (χ3n) is 5.15. The van der Waals surface area contributed by atoms with Crippen LogP contribution in [0.5, 0.6) is 0 Å². The normalized spacial score (nSPS) is 13.6. The Hall–Kier alpha value is -2.89.